The van der Waals surface area contributed by atoms with Gasteiger partial charge in [-0.25, -0.2) is 4.98 Å². The van der Waals surface area contributed by atoms with Crippen LogP contribution in [-0.2, 0) is 0 Å². The molecular weight excluding hydrogens is 326 g/mol. The van der Waals surface area contributed by atoms with E-state index in [4.69, 9.17) is 0 Å². The van der Waals surface area contributed by atoms with E-state index in [0.29, 0.717) is 18.3 Å². The molecule has 0 bridgehead atoms. The topological polar surface area (TPSA) is 66.1 Å². The number of H-pyrrole nitrogens is 1. The van der Waals surface area contributed by atoms with Gasteiger partial charge < -0.3 is 4.90 Å². The Balaban J connectivity index is 1.55. The van der Waals surface area contributed by atoms with Crippen LogP contribution >= 0.6 is 0 Å². The molecule has 136 valence electrons. The molecule has 0 aliphatic heterocycles. The van der Waals surface area contributed by atoms with Crippen LogP contribution in [-0.4, -0.2) is 29.8 Å². The van der Waals surface area contributed by atoms with Crippen LogP contribution in [0, 0.1) is 5.92 Å². The molecule has 2 fully saturated rings. The lowest BCUT2D eigenvalue weighted by Gasteiger charge is -2.17. The molecule has 5 nitrogen and oxygen atoms in total. The second-order valence-corrected chi connectivity index (χ2v) is 7.86. The van der Waals surface area contributed by atoms with Crippen LogP contribution in [0.5, 0.6) is 0 Å². The summed E-state index contributed by atoms with van der Waals surface area (Å²) < 4.78 is 0. The molecule has 1 N–H and O–H groups in total. The number of aromatic nitrogens is 2. The largest absolute Gasteiger partial charge is 0.348 e. The van der Waals surface area contributed by atoms with Gasteiger partial charge in [0.25, 0.3) is 5.56 Å². The van der Waals surface area contributed by atoms with Crippen molar-refractivity contribution in [3.05, 3.63) is 57.5 Å². The number of aromatic amines is 1. The molecule has 0 saturated heterocycles. The quantitative estimate of drug-likeness (QED) is 0.776. The Morgan fingerprint density at radius 3 is 2.46 bits per heavy atom. The van der Waals surface area contributed by atoms with Crippen molar-refractivity contribution < 1.29 is 4.79 Å². The molecular formula is C21H25N3O2. The van der Waals surface area contributed by atoms with Gasteiger partial charge in [0.05, 0.1) is 0 Å². The number of nitrogens with one attached hydrogen (secondary N) is 1. The van der Waals surface area contributed by atoms with Gasteiger partial charge in [-0.15, -0.1) is 0 Å². The maximum Gasteiger partial charge on any atom is 0.252 e. The number of ketones is 1. The number of nitrogens with zero attached hydrogens (tertiary/aromatic N) is 2. The third-order valence-electron chi connectivity index (χ3n) is 5.45. The molecule has 2 aromatic rings. The lowest BCUT2D eigenvalue weighted by atomic mass is 9.88. The highest BCUT2D eigenvalue weighted by atomic mass is 16.1. The van der Waals surface area contributed by atoms with Gasteiger partial charge >= 0.3 is 0 Å². The second-order valence-electron chi connectivity index (χ2n) is 7.86. The van der Waals surface area contributed by atoms with Crippen molar-refractivity contribution in [2.75, 3.05) is 19.0 Å². The number of carbonyl (C=O) groups is 1. The van der Waals surface area contributed by atoms with E-state index in [1.807, 2.05) is 0 Å². The van der Waals surface area contributed by atoms with Gasteiger partial charge in [0.1, 0.15) is 5.69 Å². The first-order valence-corrected chi connectivity index (χ1v) is 9.43. The Labute approximate surface area is 153 Å². The van der Waals surface area contributed by atoms with Gasteiger partial charge in [-0.3, -0.25) is 14.6 Å². The van der Waals surface area contributed by atoms with E-state index in [9.17, 15) is 9.59 Å². The number of hydrogen-bond donors (Lipinski definition) is 1. The highest BCUT2D eigenvalue weighted by Gasteiger charge is 2.34. The summed E-state index contributed by atoms with van der Waals surface area (Å²) in [7, 11) is 3.59. The molecule has 2 aliphatic carbocycles. The summed E-state index contributed by atoms with van der Waals surface area (Å²) in [6, 6.07) is 10.2. The first kappa shape index (κ1) is 17.0. The van der Waals surface area contributed by atoms with Gasteiger partial charge in [0, 0.05) is 26.6 Å². The number of benzene rings is 1. The SMILES string of the molecule is CN(C)c1nc(C(=O)C[C@@H](c2ccc(C3CC3)cc2)C2CC2)cc(=O)[nH]1. The zero-order valence-corrected chi connectivity index (χ0v) is 15.4. The lowest BCUT2D eigenvalue weighted by molar-refractivity contribution is 0.0965. The lowest BCUT2D eigenvalue weighted by Crippen LogP contribution is -2.21. The maximum atomic E-state index is 12.8. The van der Waals surface area contributed by atoms with Crippen LogP contribution in [0.15, 0.2) is 35.1 Å². The summed E-state index contributed by atoms with van der Waals surface area (Å²) in [6.07, 6.45) is 5.36. The smallest absolute Gasteiger partial charge is 0.252 e. The molecule has 1 atom stereocenters. The molecule has 2 saturated carbocycles. The Morgan fingerprint density at radius 2 is 1.88 bits per heavy atom. The predicted octanol–water partition coefficient (Wildman–Crippen LogP) is 3.48. The average molecular weight is 351 g/mol. The van der Waals surface area contributed by atoms with Gasteiger partial charge in [-0.2, -0.15) is 0 Å². The van der Waals surface area contributed by atoms with Crippen LogP contribution < -0.4 is 10.5 Å². The Morgan fingerprint density at radius 1 is 1.19 bits per heavy atom. The summed E-state index contributed by atoms with van der Waals surface area (Å²) in [4.78, 5) is 33.4. The van der Waals surface area contributed by atoms with E-state index in [-0.39, 0.29) is 23.0 Å². The number of carbonyl (C=O) groups excluding carboxylic acids is 1. The molecule has 0 spiro atoms. The molecule has 2 aliphatic rings. The fourth-order valence-electron chi connectivity index (χ4n) is 3.59. The fraction of sp³-hybridized carbons (Fsp3) is 0.476. The second kappa shape index (κ2) is 6.71. The van der Waals surface area contributed by atoms with Crippen LogP contribution in [0.1, 0.15) is 65.6 Å². The molecule has 5 heteroatoms. The minimum atomic E-state index is -0.288. The van der Waals surface area contributed by atoms with Gasteiger partial charge in [0.15, 0.2) is 5.78 Å². The van der Waals surface area contributed by atoms with Crippen LogP contribution in [0.25, 0.3) is 0 Å². The minimum Gasteiger partial charge on any atom is -0.348 e. The van der Waals surface area contributed by atoms with Crippen molar-refractivity contribution in [2.45, 2.75) is 43.9 Å². The number of Topliss-reactive ketones (excluding diaryl/α,β-unsaturated/α-hetero) is 1. The number of hydrogen-bond acceptors (Lipinski definition) is 4. The first-order chi connectivity index (χ1) is 12.5. The van der Waals surface area contributed by atoms with Crippen LogP contribution in [0.2, 0.25) is 0 Å². The number of anilines is 1. The van der Waals surface area contributed by atoms with E-state index in [1.165, 1.54) is 42.9 Å². The summed E-state index contributed by atoms with van der Waals surface area (Å²) in [5, 5.41) is 0. The fourth-order valence-corrected chi connectivity index (χ4v) is 3.59. The summed E-state index contributed by atoms with van der Waals surface area (Å²) >= 11 is 0. The number of rotatable bonds is 7. The van der Waals surface area contributed by atoms with Gasteiger partial charge in [-0.05, 0) is 54.6 Å². The van der Waals surface area contributed by atoms with Crippen molar-refractivity contribution in [3.8, 4) is 0 Å². The highest BCUT2D eigenvalue weighted by molar-refractivity contribution is 5.95. The average Bonchev–Trinajstić information content (AvgIpc) is 3.52. The Kier molecular flexibility index (Phi) is 4.39. The van der Waals surface area contributed by atoms with Crippen LogP contribution in [0.3, 0.4) is 0 Å². The first-order valence-electron chi connectivity index (χ1n) is 9.43. The molecule has 0 radical (unpaired) electrons. The third kappa shape index (κ3) is 3.71. The predicted molar refractivity (Wildman–Crippen MR) is 102 cm³/mol. The van der Waals surface area contributed by atoms with Crippen molar-refractivity contribution >= 4 is 11.7 Å². The Hall–Kier alpha value is -2.43. The molecule has 4 rings (SSSR count). The minimum absolute atomic E-state index is 0.0534. The highest BCUT2D eigenvalue weighted by Crippen LogP contribution is 2.46. The van der Waals surface area contributed by atoms with Crippen LogP contribution in [0.4, 0.5) is 5.95 Å². The van der Waals surface area contributed by atoms with Gasteiger partial charge in [0.2, 0.25) is 5.95 Å². The van der Waals surface area contributed by atoms with Gasteiger partial charge in [-0.1, -0.05) is 24.3 Å². The van der Waals surface area contributed by atoms with Crippen molar-refractivity contribution in [2.24, 2.45) is 5.92 Å². The zero-order valence-electron chi connectivity index (χ0n) is 15.4. The maximum absolute atomic E-state index is 12.8. The van der Waals surface area contributed by atoms with E-state index in [0.717, 1.165) is 5.92 Å². The Bertz CT molecular complexity index is 862. The van der Waals surface area contributed by atoms with E-state index >= 15 is 0 Å². The van der Waals surface area contributed by atoms with E-state index in [2.05, 4.69) is 34.2 Å². The monoisotopic (exact) mass is 351 g/mol. The summed E-state index contributed by atoms with van der Waals surface area (Å²) in [5.41, 5.74) is 2.63. The van der Waals surface area contributed by atoms with Crippen molar-refractivity contribution in [1.82, 2.24) is 9.97 Å². The normalized spacial score (nSPS) is 17.8. The molecule has 0 amide bonds. The molecule has 1 aromatic carbocycles. The standard InChI is InChI=1S/C21H25N3O2/c1-24(2)21-22-18(12-20(26)23-21)19(25)11-17(16-9-10-16)15-7-5-14(6-8-15)13-3-4-13/h5-8,12-13,16-17H,3-4,9-11H2,1-2H3,(H,22,23,26)/t17-/m0/s1. The van der Waals surface area contributed by atoms with Crippen molar-refractivity contribution in [1.29, 1.82) is 0 Å². The van der Waals surface area contributed by atoms with E-state index in [1.54, 1.807) is 19.0 Å². The van der Waals surface area contributed by atoms with Crippen molar-refractivity contribution in [3.63, 3.8) is 0 Å². The molecule has 26 heavy (non-hydrogen) atoms. The third-order valence-corrected chi connectivity index (χ3v) is 5.45. The molecule has 1 aromatic heterocycles. The van der Waals surface area contributed by atoms with E-state index < -0.39 is 0 Å². The molecule has 1 heterocycles. The summed E-state index contributed by atoms with van der Waals surface area (Å²) in [6.45, 7) is 0. The zero-order chi connectivity index (χ0) is 18.3. The summed E-state index contributed by atoms with van der Waals surface area (Å²) in [5.74, 6) is 1.90. The molecule has 0 unspecified atom stereocenters.